The number of aliphatic imine (C=N–C) groups is 2. The molecule has 6 nitrogen and oxygen atoms in total. The number of hydrogen-bond donors (Lipinski definition) is 2. The summed E-state index contributed by atoms with van der Waals surface area (Å²) in [6, 6.07) is 10.9. The molecule has 6 rings (SSSR count). The van der Waals surface area contributed by atoms with Crippen LogP contribution in [0.1, 0.15) is 42.4 Å². The highest BCUT2D eigenvalue weighted by atomic mass is 15.1. The molecule has 0 spiro atoms. The Balaban J connectivity index is 1.45. The van der Waals surface area contributed by atoms with Gasteiger partial charge in [-0.25, -0.2) is 9.98 Å². The van der Waals surface area contributed by atoms with Gasteiger partial charge in [0.25, 0.3) is 0 Å². The van der Waals surface area contributed by atoms with Crippen molar-refractivity contribution in [3.8, 4) is 11.4 Å². The van der Waals surface area contributed by atoms with Crippen molar-refractivity contribution in [2.24, 2.45) is 27.4 Å². The van der Waals surface area contributed by atoms with E-state index >= 15 is 0 Å². The second kappa shape index (κ2) is 7.62. The van der Waals surface area contributed by atoms with Crippen LogP contribution >= 0.6 is 0 Å². The van der Waals surface area contributed by atoms with E-state index in [1.807, 2.05) is 6.21 Å². The van der Waals surface area contributed by atoms with Crippen LogP contribution in [0, 0.1) is 5.92 Å². The molecule has 0 saturated heterocycles. The maximum atomic E-state index is 6.01. The third-order valence-electron chi connectivity index (χ3n) is 6.78. The Hall–Kier alpha value is -3.41. The van der Waals surface area contributed by atoms with E-state index in [1.165, 1.54) is 35.9 Å². The van der Waals surface area contributed by atoms with Crippen LogP contribution in [0.25, 0.3) is 28.0 Å². The molecule has 4 N–H and O–H groups in total. The summed E-state index contributed by atoms with van der Waals surface area (Å²) < 4.78 is 2.39. The summed E-state index contributed by atoms with van der Waals surface area (Å²) in [5.74, 6) is 2.45. The van der Waals surface area contributed by atoms with Crippen LogP contribution in [0.15, 0.2) is 46.5 Å². The molecule has 3 heterocycles. The van der Waals surface area contributed by atoms with Gasteiger partial charge in [-0.1, -0.05) is 12.1 Å². The van der Waals surface area contributed by atoms with Crippen LogP contribution in [0.3, 0.4) is 0 Å². The molecule has 1 fully saturated rings. The molecule has 6 heteroatoms. The number of benzene rings is 2. The third-order valence-corrected chi connectivity index (χ3v) is 6.78. The molecule has 3 aromatic rings. The van der Waals surface area contributed by atoms with E-state index in [2.05, 4.69) is 44.9 Å². The van der Waals surface area contributed by atoms with E-state index in [-0.39, 0.29) is 0 Å². The normalized spacial score (nSPS) is 18.2. The van der Waals surface area contributed by atoms with Gasteiger partial charge in [0.15, 0.2) is 0 Å². The zero-order valence-corrected chi connectivity index (χ0v) is 18.2. The molecule has 0 atom stereocenters. The number of amidine groups is 1. The second-order valence-electron chi connectivity index (χ2n) is 9.23. The standard InChI is InChI=1S/C26H28N6/c27-13-21(15-29-14-16-4-5-16)20-9-18-3-1-2-8-32-25(18)23(11-20)31-26(32)19-7-6-17-12-24(28)30-22(17)10-19/h6-7,9-11,13,15-16H,1-5,8,12,14,27H2,(H2,28,30). The molecule has 2 aromatic carbocycles. The lowest BCUT2D eigenvalue weighted by Gasteiger charge is -2.10. The van der Waals surface area contributed by atoms with Crippen molar-refractivity contribution in [2.45, 2.75) is 45.1 Å². The Kier molecular flexibility index (Phi) is 4.59. The number of nitrogens with two attached hydrogens (primary N) is 2. The molecule has 1 aromatic heterocycles. The summed E-state index contributed by atoms with van der Waals surface area (Å²) in [5.41, 5.74) is 20.9. The minimum atomic E-state index is 0.681. The quantitative estimate of drug-likeness (QED) is 0.596. The van der Waals surface area contributed by atoms with Crippen molar-refractivity contribution in [3.05, 3.63) is 53.2 Å². The number of aryl methyl sites for hydroxylation is 2. The second-order valence-corrected chi connectivity index (χ2v) is 9.23. The lowest BCUT2D eigenvalue weighted by molar-refractivity contribution is 0.645. The molecule has 1 saturated carbocycles. The SMILES string of the molecule is NC=C(C=NCC1CC1)c1cc2c3c(c1)nc(-c1ccc4c(c1)N=C(N)C4)n3CCCC2. The van der Waals surface area contributed by atoms with Gasteiger partial charge in [0.1, 0.15) is 11.7 Å². The van der Waals surface area contributed by atoms with Crippen LogP contribution in [0.2, 0.25) is 0 Å². The summed E-state index contributed by atoms with van der Waals surface area (Å²) >= 11 is 0. The van der Waals surface area contributed by atoms with Gasteiger partial charge in [-0.3, -0.25) is 4.99 Å². The van der Waals surface area contributed by atoms with Gasteiger partial charge in [-0.05, 0) is 72.9 Å². The monoisotopic (exact) mass is 424 g/mol. The Labute approximate surface area is 187 Å². The zero-order valence-electron chi connectivity index (χ0n) is 18.2. The van der Waals surface area contributed by atoms with Crippen molar-refractivity contribution in [1.82, 2.24) is 9.55 Å². The molecule has 162 valence electrons. The van der Waals surface area contributed by atoms with Gasteiger partial charge in [0.2, 0.25) is 0 Å². The highest BCUT2D eigenvalue weighted by molar-refractivity contribution is 6.10. The van der Waals surface area contributed by atoms with Crippen LogP contribution in [0.4, 0.5) is 5.69 Å². The first-order valence-corrected chi connectivity index (χ1v) is 11.6. The molecule has 0 bridgehead atoms. The Morgan fingerprint density at radius 2 is 2.06 bits per heavy atom. The smallest absolute Gasteiger partial charge is 0.141 e. The van der Waals surface area contributed by atoms with Gasteiger partial charge in [-0.15, -0.1) is 0 Å². The van der Waals surface area contributed by atoms with E-state index in [1.54, 1.807) is 6.20 Å². The molecule has 0 radical (unpaired) electrons. The Bertz CT molecular complexity index is 1310. The molecular formula is C26H28N6. The average Bonchev–Trinajstić information content (AvgIpc) is 3.48. The van der Waals surface area contributed by atoms with Crippen molar-refractivity contribution in [2.75, 3.05) is 6.54 Å². The minimum Gasteiger partial charge on any atom is -0.404 e. The molecule has 0 unspecified atom stereocenters. The van der Waals surface area contributed by atoms with E-state index in [9.17, 15) is 0 Å². The molecule has 1 aliphatic carbocycles. The molecule has 32 heavy (non-hydrogen) atoms. The topological polar surface area (TPSA) is 94.6 Å². The molecule has 3 aliphatic rings. The number of rotatable bonds is 5. The summed E-state index contributed by atoms with van der Waals surface area (Å²) in [5, 5.41) is 0. The summed E-state index contributed by atoms with van der Waals surface area (Å²) in [6.45, 7) is 1.87. The number of aromatic nitrogens is 2. The van der Waals surface area contributed by atoms with Crippen molar-refractivity contribution in [3.63, 3.8) is 0 Å². The molecular weight excluding hydrogens is 396 g/mol. The average molecular weight is 425 g/mol. The Morgan fingerprint density at radius 1 is 1.16 bits per heavy atom. The predicted molar refractivity (Wildman–Crippen MR) is 131 cm³/mol. The van der Waals surface area contributed by atoms with Crippen molar-refractivity contribution < 1.29 is 0 Å². The van der Waals surface area contributed by atoms with Gasteiger partial charge < -0.3 is 16.0 Å². The zero-order chi connectivity index (χ0) is 21.7. The van der Waals surface area contributed by atoms with E-state index in [4.69, 9.17) is 16.5 Å². The van der Waals surface area contributed by atoms with E-state index < -0.39 is 0 Å². The first-order chi connectivity index (χ1) is 15.7. The first-order valence-electron chi connectivity index (χ1n) is 11.6. The lowest BCUT2D eigenvalue weighted by Crippen LogP contribution is -2.09. The number of hydrogen-bond acceptors (Lipinski definition) is 5. The predicted octanol–water partition coefficient (Wildman–Crippen LogP) is 4.36. The maximum absolute atomic E-state index is 6.01. The maximum Gasteiger partial charge on any atom is 0.141 e. The minimum absolute atomic E-state index is 0.681. The number of nitrogens with zero attached hydrogens (tertiary/aromatic N) is 4. The van der Waals surface area contributed by atoms with Crippen LogP contribution in [-0.2, 0) is 19.4 Å². The van der Waals surface area contributed by atoms with Crippen LogP contribution in [-0.4, -0.2) is 28.1 Å². The largest absolute Gasteiger partial charge is 0.404 e. The van der Waals surface area contributed by atoms with Crippen molar-refractivity contribution >= 4 is 34.3 Å². The fraction of sp³-hybridized carbons (Fsp3) is 0.346. The van der Waals surface area contributed by atoms with Gasteiger partial charge >= 0.3 is 0 Å². The highest BCUT2D eigenvalue weighted by Gasteiger charge is 2.22. The first kappa shape index (κ1) is 19.3. The van der Waals surface area contributed by atoms with Gasteiger partial charge in [-0.2, -0.15) is 0 Å². The Morgan fingerprint density at radius 3 is 2.91 bits per heavy atom. The number of fused-ring (bicyclic) bond motifs is 1. The fourth-order valence-corrected chi connectivity index (χ4v) is 4.90. The summed E-state index contributed by atoms with van der Waals surface area (Å²) in [7, 11) is 0. The van der Waals surface area contributed by atoms with Crippen molar-refractivity contribution in [1.29, 1.82) is 0 Å². The lowest BCUT2D eigenvalue weighted by atomic mass is 10.0. The highest BCUT2D eigenvalue weighted by Crippen LogP contribution is 2.36. The summed E-state index contributed by atoms with van der Waals surface area (Å²) in [6.07, 6.45) is 10.3. The van der Waals surface area contributed by atoms with E-state index in [0.717, 1.165) is 72.0 Å². The van der Waals surface area contributed by atoms with Gasteiger partial charge in [0, 0.05) is 43.1 Å². The van der Waals surface area contributed by atoms with Gasteiger partial charge in [0.05, 0.1) is 16.7 Å². The molecule has 2 aliphatic heterocycles. The fourth-order valence-electron chi connectivity index (χ4n) is 4.90. The van der Waals surface area contributed by atoms with Crippen LogP contribution in [0.5, 0.6) is 0 Å². The van der Waals surface area contributed by atoms with E-state index in [0.29, 0.717) is 5.84 Å². The van der Waals surface area contributed by atoms with Crippen LogP contribution < -0.4 is 11.5 Å². The third kappa shape index (κ3) is 3.40. The number of imidazole rings is 1. The molecule has 0 amide bonds. The summed E-state index contributed by atoms with van der Waals surface area (Å²) in [4.78, 5) is 14.3. The number of allylic oxidation sites excluding steroid dienone is 1.